The third-order valence-corrected chi connectivity index (χ3v) is 2.63. The number of aryl methyl sites for hydroxylation is 1. The maximum atomic E-state index is 3.95. The second-order valence-corrected chi connectivity index (χ2v) is 3.84. The van der Waals surface area contributed by atoms with Crippen molar-refractivity contribution in [3.8, 4) is 0 Å². The first-order chi connectivity index (χ1) is 5.65. The normalized spacial score (nSPS) is 9.92. The minimum atomic E-state index is 1.14. The summed E-state index contributed by atoms with van der Waals surface area (Å²) >= 11 is 1.77. The topological polar surface area (TPSA) is 0 Å². The molecule has 0 radical (unpaired) electrons. The lowest BCUT2D eigenvalue weighted by Crippen LogP contribution is -1.84. The molecule has 0 saturated heterocycles. The molecule has 1 rings (SSSR count). The Kier molecular flexibility index (Phi) is 2.99. The molecule has 0 aliphatic rings. The van der Waals surface area contributed by atoms with E-state index >= 15 is 0 Å². The van der Waals surface area contributed by atoms with Gasteiger partial charge in [-0.3, -0.25) is 0 Å². The summed E-state index contributed by atoms with van der Waals surface area (Å²) in [6, 6.07) is 6.49. The van der Waals surface area contributed by atoms with Crippen molar-refractivity contribution in [3.63, 3.8) is 0 Å². The Labute approximate surface area is 78.7 Å². The van der Waals surface area contributed by atoms with Gasteiger partial charge in [0.1, 0.15) is 0 Å². The summed E-state index contributed by atoms with van der Waals surface area (Å²) in [7, 11) is 0. The molecule has 0 bridgehead atoms. The van der Waals surface area contributed by atoms with Gasteiger partial charge in [-0.1, -0.05) is 18.2 Å². The second kappa shape index (κ2) is 3.81. The lowest BCUT2D eigenvalue weighted by Gasteiger charge is -2.06. The van der Waals surface area contributed by atoms with Crippen molar-refractivity contribution in [1.82, 2.24) is 0 Å². The van der Waals surface area contributed by atoms with Crippen molar-refractivity contribution < 1.29 is 0 Å². The van der Waals surface area contributed by atoms with Crippen molar-refractivity contribution in [1.29, 1.82) is 0 Å². The van der Waals surface area contributed by atoms with Gasteiger partial charge in [-0.15, -0.1) is 11.8 Å². The van der Waals surface area contributed by atoms with Crippen molar-refractivity contribution in [2.24, 2.45) is 0 Å². The molecule has 0 atom stereocenters. The Morgan fingerprint density at radius 2 is 2.08 bits per heavy atom. The van der Waals surface area contributed by atoms with Crippen LogP contribution in [0.2, 0.25) is 0 Å². The molecule has 0 amide bonds. The highest BCUT2D eigenvalue weighted by Gasteiger charge is 1.99. The van der Waals surface area contributed by atoms with Crippen molar-refractivity contribution in [2.75, 3.05) is 6.26 Å². The Bertz CT molecular complexity index is 300. The quantitative estimate of drug-likeness (QED) is 0.621. The number of hydrogen-bond acceptors (Lipinski definition) is 1. The molecule has 0 aromatic heterocycles. The van der Waals surface area contributed by atoms with Crippen LogP contribution >= 0.6 is 11.8 Å². The number of thioether (sulfide) groups is 1. The fourth-order valence-corrected chi connectivity index (χ4v) is 1.63. The molecule has 0 N–H and O–H groups in total. The van der Waals surface area contributed by atoms with E-state index in [-0.39, 0.29) is 0 Å². The van der Waals surface area contributed by atoms with Gasteiger partial charge in [0, 0.05) is 4.90 Å². The van der Waals surface area contributed by atoms with Crippen LogP contribution in [0.3, 0.4) is 0 Å². The molecule has 0 spiro atoms. The summed E-state index contributed by atoms with van der Waals surface area (Å²) in [6.07, 6.45) is 2.09. The van der Waals surface area contributed by atoms with Crippen LogP contribution in [0, 0.1) is 6.92 Å². The molecule has 0 heterocycles. The van der Waals surface area contributed by atoms with Crippen LogP contribution < -0.4 is 0 Å². The van der Waals surface area contributed by atoms with Gasteiger partial charge in [-0.2, -0.15) is 0 Å². The highest BCUT2D eigenvalue weighted by molar-refractivity contribution is 7.98. The largest absolute Gasteiger partial charge is 0.130 e. The molecule has 0 nitrogen and oxygen atoms in total. The van der Waals surface area contributed by atoms with Crippen LogP contribution in [0.15, 0.2) is 29.7 Å². The zero-order valence-corrected chi connectivity index (χ0v) is 8.66. The van der Waals surface area contributed by atoms with Gasteiger partial charge in [0.25, 0.3) is 0 Å². The van der Waals surface area contributed by atoms with Crippen molar-refractivity contribution in [3.05, 3.63) is 35.9 Å². The maximum absolute atomic E-state index is 3.95. The molecular formula is C11H14S. The third-order valence-electron chi connectivity index (χ3n) is 1.90. The molecule has 1 heteroatoms. The first kappa shape index (κ1) is 9.40. The molecule has 0 fully saturated rings. The Morgan fingerprint density at radius 3 is 2.58 bits per heavy atom. The summed E-state index contributed by atoms with van der Waals surface area (Å²) in [5.41, 5.74) is 3.73. The van der Waals surface area contributed by atoms with Gasteiger partial charge in [0.05, 0.1) is 0 Å². The van der Waals surface area contributed by atoms with E-state index in [0.717, 1.165) is 5.57 Å². The van der Waals surface area contributed by atoms with E-state index < -0.39 is 0 Å². The number of allylic oxidation sites excluding steroid dienone is 1. The minimum absolute atomic E-state index is 1.14. The zero-order valence-electron chi connectivity index (χ0n) is 7.85. The highest BCUT2D eigenvalue weighted by atomic mass is 32.2. The van der Waals surface area contributed by atoms with Crippen molar-refractivity contribution in [2.45, 2.75) is 18.7 Å². The van der Waals surface area contributed by atoms with Crippen LogP contribution in [-0.2, 0) is 0 Å². The summed E-state index contributed by atoms with van der Waals surface area (Å²) in [5, 5.41) is 0. The van der Waals surface area contributed by atoms with Crippen LogP contribution in [0.25, 0.3) is 5.57 Å². The van der Waals surface area contributed by atoms with Crippen LogP contribution in [0.4, 0.5) is 0 Å². The van der Waals surface area contributed by atoms with Gasteiger partial charge in [0.15, 0.2) is 0 Å². The van der Waals surface area contributed by atoms with Gasteiger partial charge in [-0.25, -0.2) is 0 Å². The summed E-state index contributed by atoms with van der Waals surface area (Å²) in [5.74, 6) is 0. The predicted molar refractivity (Wildman–Crippen MR) is 57.7 cm³/mol. The average molecular weight is 178 g/mol. The van der Waals surface area contributed by atoms with E-state index in [1.807, 2.05) is 6.92 Å². The predicted octanol–water partition coefficient (Wildman–Crippen LogP) is 3.75. The average Bonchev–Trinajstić information content (AvgIpc) is 2.05. The SMILES string of the molecule is C=C(C)c1cc(SC)ccc1C. The standard InChI is InChI=1S/C11H14S/c1-8(2)11-7-10(12-4)6-5-9(11)3/h5-7H,1H2,2-4H3. The van der Waals surface area contributed by atoms with E-state index in [1.165, 1.54) is 16.0 Å². The molecule has 64 valence electrons. The maximum Gasteiger partial charge on any atom is 0.00753 e. The summed E-state index contributed by atoms with van der Waals surface area (Å²) < 4.78 is 0. The third kappa shape index (κ3) is 1.92. The first-order valence-electron chi connectivity index (χ1n) is 3.95. The lowest BCUT2D eigenvalue weighted by atomic mass is 10.0. The number of benzene rings is 1. The smallest absolute Gasteiger partial charge is 0.00753 e. The lowest BCUT2D eigenvalue weighted by molar-refractivity contribution is 1.34. The van der Waals surface area contributed by atoms with E-state index in [2.05, 4.69) is 38.0 Å². The molecule has 12 heavy (non-hydrogen) atoms. The molecule has 0 saturated carbocycles. The summed E-state index contributed by atoms with van der Waals surface area (Å²) in [6.45, 7) is 8.12. The van der Waals surface area contributed by atoms with Crippen LogP contribution in [0.1, 0.15) is 18.1 Å². The van der Waals surface area contributed by atoms with Gasteiger partial charge in [0.2, 0.25) is 0 Å². The summed E-state index contributed by atoms with van der Waals surface area (Å²) in [4.78, 5) is 1.30. The molecule has 0 aliphatic heterocycles. The van der Waals surface area contributed by atoms with Gasteiger partial charge < -0.3 is 0 Å². The molecule has 0 aliphatic carbocycles. The molecular weight excluding hydrogens is 164 g/mol. The first-order valence-corrected chi connectivity index (χ1v) is 5.18. The minimum Gasteiger partial charge on any atom is -0.130 e. The van der Waals surface area contributed by atoms with Crippen molar-refractivity contribution >= 4 is 17.3 Å². The van der Waals surface area contributed by atoms with E-state index in [9.17, 15) is 0 Å². The van der Waals surface area contributed by atoms with E-state index in [1.54, 1.807) is 11.8 Å². The van der Waals surface area contributed by atoms with E-state index in [4.69, 9.17) is 0 Å². The Morgan fingerprint density at radius 1 is 1.42 bits per heavy atom. The number of rotatable bonds is 2. The monoisotopic (exact) mass is 178 g/mol. The van der Waals surface area contributed by atoms with Gasteiger partial charge >= 0.3 is 0 Å². The molecule has 0 unspecified atom stereocenters. The Hall–Kier alpha value is -0.690. The number of hydrogen-bond donors (Lipinski definition) is 0. The van der Waals surface area contributed by atoms with E-state index in [0.29, 0.717) is 0 Å². The second-order valence-electron chi connectivity index (χ2n) is 2.96. The highest BCUT2D eigenvalue weighted by Crippen LogP contribution is 2.23. The van der Waals surface area contributed by atoms with Gasteiger partial charge in [-0.05, 0) is 43.4 Å². The fourth-order valence-electron chi connectivity index (χ4n) is 1.19. The Balaban J connectivity index is 3.17. The fraction of sp³-hybridized carbons (Fsp3) is 0.273. The van der Waals surface area contributed by atoms with Crippen LogP contribution in [0.5, 0.6) is 0 Å². The zero-order chi connectivity index (χ0) is 9.14. The van der Waals surface area contributed by atoms with Crippen LogP contribution in [-0.4, -0.2) is 6.26 Å². The molecule has 1 aromatic rings. The molecule has 1 aromatic carbocycles.